The molecule has 0 saturated heterocycles. The average Bonchev–Trinajstić information content (AvgIpc) is 2.73. The number of hydrogen-bond donors (Lipinski definition) is 1. The second-order valence-corrected chi connectivity index (χ2v) is 4.54. The van der Waals surface area contributed by atoms with E-state index in [1.54, 1.807) is 6.07 Å². The largest absolute Gasteiger partial charge is 0.448 e. The molecule has 2 nitrogen and oxygen atoms in total. The maximum atomic E-state index is 5.72. The number of halogens is 1. The molecular weight excluding hydrogens is 234 g/mol. The van der Waals surface area contributed by atoms with E-state index in [1.807, 2.05) is 6.07 Å². The van der Waals surface area contributed by atoms with Gasteiger partial charge in [-0.2, -0.15) is 0 Å². The van der Waals surface area contributed by atoms with Crippen LogP contribution in [0.4, 0.5) is 0 Å². The third-order valence-electron chi connectivity index (χ3n) is 2.87. The van der Waals surface area contributed by atoms with E-state index in [0.717, 1.165) is 5.76 Å². The molecule has 0 saturated carbocycles. The van der Waals surface area contributed by atoms with Crippen LogP contribution in [0.5, 0.6) is 0 Å². The van der Waals surface area contributed by atoms with E-state index in [2.05, 4.69) is 43.4 Å². The molecule has 0 aliphatic rings. The topological polar surface area (TPSA) is 25.2 Å². The number of rotatable bonds is 4. The molecule has 0 unspecified atom stereocenters. The van der Waals surface area contributed by atoms with Gasteiger partial charge in [-0.15, -0.1) is 0 Å². The molecular formula is C14H16ClNO. The first-order valence-corrected chi connectivity index (χ1v) is 6.08. The van der Waals surface area contributed by atoms with Crippen molar-refractivity contribution in [3.8, 4) is 0 Å². The summed E-state index contributed by atoms with van der Waals surface area (Å²) in [5.74, 6) is 0.857. The molecule has 1 atom stereocenters. The zero-order chi connectivity index (χ0) is 12.3. The fourth-order valence-corrected chi connectivity index (χ4v) is 2.05. The Labute approximate surface area is 107 Å². The molecule has 2 rings (SSSR count). The summed E-state index contributed by atoms with van der Waals surface area (Å²) in [5, 5.41) is 3.85. The highest BCUT2D eigenvalue weighted by Gasteiger charge is 2.08. The first kappa shape index (κ1) is 12.2. The number of furan rings is 1. The van der Waals surface area contributed by atoms with Gasteiger partial charge in [-0.3, -0.25) is 0 Å². The summed E-state index contributed by atoms with van der Waals surface area (Å²) < 4.78 is 5.30. The summed E-state index contributed by atoms with van der Waals surface area (Å²) in [7, 11) is 0. The van der Waals surface area contributed by atoms with Crippen LogP contribution in [0.1, 0.15) is 29.9 Å². The minimum atomic E-state index is 0.292. The molecule has 0 aliphatic heterocycles. The monoisotopic (exact) mass is 249 g/mol. The van der Waals surface area contributed by atoms with Crippen molar-refractivity contribution < 1.29 is 4.42 Å². The summed E-state index contributed by atoms with van der Waals surface area (Å²) in [5.41, 5.74) is 2.61. The lowest BCUT2D eigenvalue weighted by Crippen LogP contribution is -2.18. The summed E-state index contributed by atoms with van der Waals surface area (Å²) in [4.78, 5) is 0. The molecule has 1 aromatic carbocycles. The maximum absolute atomic E-state index is 5.72. The molecule has 0 bridgehead atoms. The van der Waals surface area contributed by atoms with E-state index in [1.165, 1.54) is 11.1 Å². The van der Waals surface area contributed by atoms with Gasteiger partial charge in [-0.25, -0.2) is 0 Å². The predicted molar refractivity (Wildman–Crippen MR) is 70.2 cm³/mol. The third-order valence-corrected chi connectivity index (χ3v) is 3.07. The lowest BCUT2D eigenvalue weighted by atomic mass is 10.0. The smallest absolute Gasteiger partial charge is 0.193 e. The van der Waals surface area contributed by atoms with Gasteiger partial charge >= 0.3 is 0 Å². The summed E-state index contributed by atoms with van der Waals surface area (Å²) in [6.45, 7) is 4.95. The first-order valence-electron chi connectivity index (χ1n) is 5.70. The van der Waals surface area contributed by atoms with Crippen molar-refractivity contribution in [2.75, 3.05) is 0 Å². The molecule has 0 fully saturated rings. The van der Waals surface area contributed by atoms with Gasteiger partial charge in [0, 0.05) is 6.04 Å². The highest BCUT2D eigenvalue weighted by Crippen LogP contribution is 2.18. The highest BCUT2D eigenvalue weighted by atomic mass is 35.5. The van der Waals surface area contributed by atoms with Gasteiger partial charge in [-0.1, -0.05) is 24.3 Å². The quantitative estimate of drug-likeness (QED) is 0.883. The zero-order valence-electron chi connectivity index (χ0n) is 10.0. The standard InChI is InChI=1S/C14H16ClNO/c1-10-5-3-4-6-13(10)11(2)16-9-12-7-8-14(15)17-12/h3-8,11,16H,9H2,1-2H3/t11-/m1/s1. The molecule has 90 valence electrons. The van der Waals surface area contributed by atoms with Crippen molar-refractivity contribution in [3.05, 3.63) is 58.5 Å². The van der Waals surface area contributed by atoms with Gasteiger partial charge in [0.1, 0.15) is 5.76 Å². The lowest BCUT2D eigenvalue weighted by molar-refractivity contribution is 0.461. The fraction of sp³-hybridized carbons (Fsp3) is 0.286. The average molecular weight is 250 g/mol. The van der Waals surface area contributed by atoms with Crippen molar-refractivity contribution in [2.24, 2.45) is 0 Å². The Balaban J connectivity index is 1.98. The van der Waals surface area contributed by atoms with Crippen molar-refractivity contribution in [3.63, 3.8) is 0 Å². The number of nitrogens with one attached hydrogen (secondary N) is 1. The van der Waals surface area contributed by atoms with E-state index in [4.69, 9.17) is 16.0 Å². The zero-order valence-corrected chi connectivity index (χ0v) is 10.8. The SMILES string of the molecule is Cc1ccccc1[C@@H](C)NCc1ccc(Cl)o1. The third kappa shape index (κ3) is 3.11. The molecule has 1 heterocycles. The van der Waals surface area contributed by atoms with E-state index in [-0.39, 0.29) is 0 Å². The Morgan fingerprint density at radius 1 is 1.24 bits per heavy atom. The number of benzene rings is 1. The van der Waals surface area contributed by atoms with Crippen molar-refractivity contribution >= 4 is 11.6 Å². The summed E-state index contributed by atoms with van der Waals surface area (Å²) >= 11 is 5.72. The Morgan fingerprint density at radius 2 is 2.00 bits per heavy atom. The van der Waals surface area contributed by atoms with Crippen LogP contribution < -0.4 is 5.32 Å². The van der Waals surface area contributed by atoms with E-state index in [9.17, 15) is 0 Å². The number of aryl methyl sites for hydroxylation is 1. The van der Waals surface area contributed by atoms with Crippen LogP contribution >= 0.6 is 11.6 Å². The summed E-state index contributed by atoms with van der Waals surface area (Å²) in [6.07, 6.45) is 0. The van der Waals surface area contributed by atoms with Gasteiger partial charge in [0.25, 0.3) is 0 Å². The molecule has 0 spiro atoms. The van der Waals surface area contributed by atoms with Gasteiger partial charge < -0.3 is 9.73 Å². The van der Waals surface area contributed by atoms with Crippen LogP contribution in [0.15, 0.2) is 40.8 Å². The fourth-order valence-electron chi connectivity index (χ4n) is 1.88. The van der Waals surface area contributed by atoms with Gasteiger partial charge in [0.05, 0.1) is 6.54 Å². The van der Waals surface area contributed by atoms with Gasteiger partial charge in [0.2, 0.25) is 0 Å². The van der Waals surface area contributed by atoms with Crippen LogP contribution in [-0.2, 0) is 6.54 Å². The summed E-state index contributed by atoms with van der Waals surface area (Å²) in [6, 6.07) is 12.3. The molecule has 1 N–H and O–H groups in total. The lowest BCUT2D eigenvalue weighted by Gasteiger charge is -2.15. The van der Waals surface area contributed by atoms with Crippen LogP contribution in [0.25, 0.3) is 0 Å². The van der Waals surface area contributed by atoms with Crippen LogP contribution in [0.2, 0.25) is 5.22 Å². The normalized spacial score (nSPS) is 12.6. The van der Waals surface area contributed by atoms with Crippen molar-refractivity contribution in [1.29, 1.82) is 0 Å². The minimum Gasteiger partial charge on any atom is -0.448 e. The van der Waals surface area contributed by atoms with Gasteiger partial charge in [-0.05, 0) is 48.7 Å². The molecule has 17 heavy (non-hydrogen) atoms. The molecule has 0 radical (unpaired) electrons. The minimum absolute atomic E-state index is 0.292. The number of hydrogen-bond acceptors (Lipinski definition) is 2. The van der Waals surface area contributed by atoms with Crippen molar-refractivity contribution in [1.82, 2.24) is 5.32 Å². The van der Waals surface area contributed by atoms with E-state index >= 15 is 0 Å². The second kappa shape index (κ2) is 5.39. The Hall–Kier alpha value is -1.25. The Morgan fingerprint density at radius 3 is 2.65 bits per heavy atom. The Bertz CT molecular complexity index is 492. The van der Waals surface area contributed by atoms with E-state index in [0.29, 0.717) is 17.8 Å². The predicted octanol–water partition coefficient (Wildman–Crippen LogP) is 4.09. The Kier molecular flexibility index (Phi) is 3.87. The highest BCUT2D eigenvalue weighted by molar-refractivity contribution is 6.28. The van der Waals surface area contributed by atoms with E-state index < -0.39 is 0 Å². The molecule has 1 aromatic heterocycles. The van der Waals surface area contributed by atoms with Crippen molar-refractivity contribution in [2.45, 2.75) is 26.4 Å². The first-order chi connectivity index (χ1) is 8.16. The molecule has 0 aliphatic carbocycles. The van der Waals surface area contributed by atoms with Crippen LogP contribution in [0, 0.1) is 6.92 Å². The van der Waals surface area contributed by atoms with Crippen LogP contribution in [0.3, 0.4) is 0 Å². The van der Waals surface area contributed by atoms with Crippen LogP contribution in [-0.4, -0.2) is 0 Å². The van der Waals surface area contributed by atoms with Gasteiger partial charge in [0.15, 0.2) is 5.22 Å². The molecule has 2 aromatic rings. The molecule has 3 heteroatoms. The molecule has 0 amide bonds. The second-order valence-electron chi connectivity index (χ2n) is 4.16. The maximum Gasteiger partial charge on any atom is 0.193 e.